The van der Waals surface area contributed by atoms with Crippen LogP contribution in [0.2, 0.25) is 0 Å². The molecule has 0 bridgehead atoms. The van der Waals surface area contributed by atoms with Gasteiger partial charge < -0.3 is 4.90 Å². The monoisotopic (exact) mass is 259 g/mol. The van der Waals surface area contributed by atoms with Crippen molar-refractivity contribution in [1.82, 2.24) is 0 Å². The molecule has 104 valence electrons. The number of benzene rings is 1. The smallest absolute Gasteiger partial charge is 0.230 e. The third-order valence-electron chi connectivity index (χ3n) is 4.14. The molecule has 1 aliphatic rings. The molecule has 1 aliphatic heterocycles. The number of rotatable bonds is 5. The van der Waals surface area contributed by atoms with Gasteiger partial charge in [-0.25, -0.2) is 0 Å². The lowest BCUT2D eigenvalue weighted by Crippen LogP contribution is -2.34. The number of carbonyl (C=O) groups excluding carboxylic acids is 1. The SMILES string of the molecule is CCCCC(CC)C(=O)N1CCc2cc(C)ccc21. The fourth-order valence-corrected chi connectivity index (χ4v) is 2.93. The van der Waals surface area contributed by atoms with Crippen molar-refractivity contribution in [1.29, 1.82) is 0 Å². The van der Waals surface area contributed by atoms with Crippen LogP contribution in [0.5, 0.6) is 0 Å². The molecule has 1 heterocycles. The van der Waals surface area contributed by atoms with Crippen molar-refractivity contribution in [3.63, 3.8) is 0 Å². The molecule has 2 heteroatoms. The molecule has 2 rings (SSSR count). The number of hydrogen-bond acceptors (Lipinski definition) is 1. The molecule has 0 spiro atoms. The number of anilines is 1. The third-order valence-corrected chi connectivity index (χ3v) is 4.14. The second kappa shape index (κ2) is 6.23. The minimum atomic E-state index is 0.201. The summed E-state index contributed by atoms with van der Waals surface area (Å²) in [7, 11) is 0. The molecular formula is C17H25NO. The quantitative estimate of drug-likeness (QED) is 0.779. The molecule has 0 saturated heterocycles. The Morgan fingerprint density at radius 3 is 2.84 bits per heavy atom. The molecule has 1 unspecified atom stereocenters. The topological polar surface area (TPSA) is 20.3 Å². The van der Waals surface area contributed by atoms with E-state index in [0.29, 0.717) is 5.91 Å². The Labute approximate surface area is 116 Å². The van der Waals surface area contributed by atoms with Crippen molar-refractivity contribution in [3.05, 3.63) is 29.3 Å². The largest absolute Gasteiger partial charge is 0.312 e. The summed E-state index contributed by atoms with van der Waals surface area (Å²) in [5.74, 6) is 0.533. The predicted octanol–water partition coefficient (Wildman–Crippen LogP) is 4.10. The van der Waals surface area contributed by atoms with Gasteiger partial charge in [0.05, 0.1) is 0 Å². The van der Waals surface area contributed by atoms with Gasteiger partial charge in [-0.05, 0) is 37.8 Å². The lowest BCUT2D eigenvalue weighted by atomic mass is 9.97. The summed E-state index contributed by atoms with van der Waals surface area (Å²) in [5, 5.41) is 0. The Morgan fingerprint density at radius 1 is 1.37 bits per heavy atom. The first-order valence-corrected chi connectivity index (χ1v) is 7.58. The van der Waals surface area contributed by atoms with E-state index in [4.69, 9.17) is 0 Å². The third kappa shape index (κ3) is 2.99. The van der Waals surface area contributed by atoms with Gasteiger partial charge in [0, 0.05) is 18.2 Å². The van der Waals surface area contributed by atoms with Crippen LogP contribution in [0.1, 0.15) is 50.7 Å². The maximum atomic E-state index is 12.7. The van der Waals surface area contributed by atoms with Gasteiger partial charge in [0.25, 0.3) is 0 Å². The van der Waals surface area contributed by atoms with E-state index in [2.05, 4.69) is 39.0 Å². The molecule has 19 heavy (non-hydrogen) atoms. The van der Waals surface area contributed by atoms with Gasteiger partial charge in [-0.1, -0.05) is 44.4 Å². The van der Waals surface area contributed by atoms with Gasteiger partial charge in [-0.3, -0.25) is 4.79 Å². The van der Waals surface area contributed by atoms with Crippen molar-refractivity contribution >= 4 is 11.6 Å². The van der Waals surface area contributed by atoms with Crippen LogP contribution in [0.15, 0.2) is 18.2 Å². The van der Waals surface area contributed by atoms with E-state index in [0.717, 1.165) is 37.9 Å². The molecule has 2 nitrogen and oxygen atoms in total. The van der Waals surface area contributed by atoms with Gasteiger partial charge >= 0.3 is 0 Å². The summed E-state index contributed by atoms with van der Waals surface area (Å²) in [6, 6.07) is 6.44. The summed E-state index contributed by atoms with van der Waals surface area (Å²) in [5.41, 5.74) is 3.76. The number of nitrogens with zero attached hydrogens (tertiary/aromatic N) is 1. The Balaban J connectivity index is 2.13. The lowest BCUT2D eigenvalue weighted by molar-refractivity contribution is -0.122. The highest BCUT2D eigenvalue weighted by Crippen LogP contribution is 2.31. The first-order chi connectivity index (χ1) is 9.17. The van der Waals surface area contributed by atoms with E-state index < -0.39 is 0 Å². The number of carbonyl (C=O) groups is 1. The normalized spacial score (nSPS) is 15.4. The van der Waals surface area contributed by atoms with Crippen molar-refractivity contribution in [2.75, 3.05) is 11.4 Å². The summed E-state index contributed by atoms with van der Waals surface area (Å²) < 4.78 is 0. The van der Waals surface area contributed by atoms with E-state index in [1.807, 2.05) is 4.90 Å². The van der Waals surface area contributed by atoms with Crippen LogP contribution in [-0.4, -0.2) is 12.5 Å². The second-order valence-electron chi connectivity index (χ2n) is 5.62. The average molecular weight is 259 g/mol. The Kier molecular flexibility index (Phi) is 4.62. The van der Waals surface area contributed by atoms with Crippen LogP contribution < -0.4 is 4.90 Å². The lowest BCUT2D eigenvalue weighted by Gasteiger charge is -2.23. The fourth-order valence-electron chi connectivity index (χ4n) is 2.93. The van der Waals surface area contributed by atoms with Crippen LogP contribution in [0.3, 0.4) is 0 Å². The molecule has 0 saturated carbocycles. The van der Waals surface area contributed by atoms with Gasteiger partial charge in [0.2, 0.25) is 5.91 Å². The molecule has 0 radical (unpaired) electrons. The van der Waals surface area contributed by atoms with E-state index in [9.17, 15) is 4.79 Å². The first kappa shape index (κ1) is 14.1. The number of amides is 1. The maximum Gasteiger partial charge on any atom is 0.230 e. The van der Waals surface area contributed by atoms with Crippen molar-refractivity contribution in [2.45, 2.75) is 52.9 Å². The minimum absolute atomic E-state index is 0.201. The summed E-state index contributed by atoms with van der Waals surface area (Å²) in [4.78, 5) is 14.7. The molecule has 0 aromatic heterocycles. The van der Waals surface area contributed by atoms with Crippen LogP contribution in [0.4, 0.5) is 5.69 Å². The van der Waals surface area contributed by atoms with E-state index >= 15 is 0 Å². The van der Waals surface area contributed by atoms with E-state index in [1.165, 1.54) is 17.5 Å². The fraction of sp³-hybridized carbons (Fsp3) is 0.588. The highest BCUT2D eigenvalue weighted by Gasteiger charge is 2.28. The first-order valence-electron chi connectivity index (χ1n) is 7.58. The predicted molar refractivity (Wildman–Crippen MR) is 80.5 cm³/mol. The number of unbranched alkanes of at least 4 members (excludes halogenated alkanes) is 1. The van der Waals surface area contributed by atoms with Gasteiger partial charge in [0.1, 0.15) is 0 Å². The Bertz CT molecular complexity index is 453. The van der Waals surface area contributed by atoms with Crippen LogP contribution in [-0.2, 0) is 11.2 Å². The van der Waals surface area contributed by atoms with Crippen molar-refractivity contribution < 1.29 is 4.79 Å². The average Bonchev–Trinajstić information content (AvgIpc) is 2.82. The number of hydrogen-bond donors (Lipinski definition) is 0. The van der Waals surface area contributed by atoms with Crippen LogP contribution >= 0.6 is 0 Å². The Morgan fingerprint density at radius 2 is 2.16 bits per heavy atom. The molecule has 1 aromatic rings. The zero-order valence-corrected chi connectivity index (χ0v) is 12.4. The standard InChI is InChI=1S/C17H25NO/c1-4-6-7-14(5-2)17(19)18-11-10-15-12-13(3)8-9-16(15)18/h8-9,12,14H,4-7,10-11H2,1-3H3. The van der Waals surface area contributed by atoms with Crippen LogP contribution in [0.25, 0.3) is 0 Å². The van der Waals surface area contributed by atoms with Gasteiger partial charge in [-0.15, -0.1) is 0 Å². The molecule has 0 N–H and O–H groups in total. The molecular weight excluding hydrogens is 234 g/mol. The molecule has 0 aliphatic carbocycles. The van der Waals surface area contributed by atoms with Crippen LogP contribution in [0, 0.1) is 12.8 Å². The van der Waals surface area contributed by atoms with Crippen molar-refractivity contribution in [2.24, 2.45) is 5.92 Å². The molecule has 1 aromatic carbocycles. The van der Waals surface area contributed by atoms with E-state index in [-0.39, 0.29) is 5.92 Å². The molecule has 1 atom stereocenters. The summed E-state index contributed by atoms with van der Waals surface area (Å²) >= 11 is 0. The number of fused-ring (bicyclic) bond motifs is 1. The second-order valence-corrected chi connectivity index (χ2v) is 5.62. The Hall–Kier alpha value is -1.31. The maximum absolute atomic E-state index is 12.7. The van der Waals surface area contributed by atoms with Gasteiger partial charge in [-0.2, -0.15) is 0 Å². The highest BCUT2D eigenvalue weighted by atomic mass is 16.2. The summed E-state index contributed by atoms with van der Waals surface area (Å²) in [6.07, 6.45) is 5.31. The molecule has 1 amide bonds. The van der Waals surface area contributed by atoms with E-state index in [1.54, 1.807) is 0 Å². The number of aryl methyl sites for hydroxylation is 1. The zero-order valence-electron chi connectivity index (χ0n) is 12.4. The molecule has 0 fully saturated rings. The van der Waals surface area contributed by atoms with Crippen molar-refractivity contribution in [3.8, 4) is 0 Å². The highest BCUT2D eigenvalue weighted by molar-refractivity contribution is 5.97. The minimum Gasteiger partial charge on any atom is -0.312 e. The van der Waals surface area contributed by atoms with Gasteiger partial charge in [0.15, 0.2) is 0 Å². The summed E-state index contributed by atoms with van der Waals surface area (Å²) in [6.45, 7) is 7.29. The zero-order chi connectivity index (χ0) is 13.8.